The van der Waals surface area contributed by atoms with Gasteiger partial charge < -0.3 is 56.2 Å². The molecular weight excluding hydrogens is 981 g/mol. The lowest BCUT2D eigenvalue weighted by Crippen LogP contribution is -2.17. The highest BCUT2D eigenvalue weighted by Crippen LogP contribution is 2.50. The van der Waals surface area contributed by atoms with Crippen molar-refractivity contribution in [1.82, 2.24) is 18.3 Å². The molecule has 14 nitrogen and oxygen atoms in total. The van der Waals surface area contributed by atoms with Crippen LogP contribution in [-0.4, -0.2) is 75.1 Å². The van der Waals surface area contributed by atoms with Gasteiger partial charge in [0.2, 0.25) is 0 Å². The summed E-state index contributed by atoms with van der Waals surface area (Å²) in [5.41, 5.74) is 8.29. The molecule has 9 aromatic carbocycles. The van der Waals surface area contributed by atoms with Crippen molar-refractivity contribution in [2.75, 3.05) is 56.9 Å². The van der Waals surface area contributed by atoms with Gasteiger partial charge in [-0.1, -0.05) is 0 Å². The maximum atomic E-state index is 12.6. The Hall–Kier alpha value is -10.4. The molecule has 0 radical (unpaired) electrons. The fourth-order valence-corrected chi connectivity index (χ4v) is 11.7. The molecule has 382 valence electrons. The van der Waals surface area contributed by atoms with Crippen molar-refractivity contribution in [2.45, 2.75) is 0 Å². The Morgan fingerprint density at radius 1 is 0.244 bits per heavy atom. The van der Waals surface area contributed by atoms with Crippen LogP contribution in [0.5, 0.6) is 46.0 Å². The van der Waals surface area contributed by atoms with Gasteiger partial charge in [-0.05, 0) is 146 Å². The minimum Gasteiger partial charge on any atom is -0.497 e. The smallest absolute Gasteiger partial charge is 0.119 e. The van der Waals surface area contributed by atoms with E-state index in [0.29, 0.717) is 68.7 Å². The summed E-state index contributed by atoms with van der Waals surface area (Å²) in [5, 5.41) is 31.8. The van der Waals surface area contributed by atoms with Gasteiger partial charge in [-0.25, -0.2) is 0 Å². The van der Waals surface area contributed by atoms with E-state index in [1.807, 2.05) is 150 Å². The van der Waals surface area contributed by atoms with Gasteiger partial charge in [-0.3, -0.25) is 0 Å². The molecule has 4 heterocycles. The zero-order valence-electron chi connectivity index (χ0n) is 43.8. The number of benzene rings is 9. The summed E-state index contributed by atoms with van der Waals surface area (Å²) in [6, 6.07) is 53.0. The van der Waals surface area contributed by atoms with E-state index in [-0.39, 0.29) is 11.1 Å². The van der Waals surface area contributed by atoms with Gasteiger partial charge in [0.05, 0.1) is 124 Å². The monoisotopic (exact) mass is 1030 g/mol. The number of aromatic nitrogens is 4. The fourth-order valence-electron chi connectivity index (χ4n) is 11.7. The van der Waals surface area contributed by atoms with Crippen LogP contribution in [0.15, 0.2) is 146 Å². The summed E-state index contributed by atoms with van der Waals surface area (Å²) < 4.78 is 55.7. The summed E-state index contributed by atoms with van der Waals surface area (Å²) >= 11 is 0. The lowest BCUT2D eigenvalue weighted by molar-refractivity contribution is 0.415. The lowest BCUT2D eigenvalue weighted by Gasteiger charge is -2.27. The highest BCUT2D eigenvalue weighted by atomic mass is 16.5. The second kappa shape index (κ2) is 18.1. The highest BCUT2D eigenvalue weighted by Gasteiger charge is 2.35. The molecule has 4 aromatic heterocycles. The standard InChI is InChI=1S/C64H48N6O8/c1-71-35-9-17-53-43(25-35)44-26-36(72-2)10-18-54(44)67(53)61-51(33-65)62(68-55-19-11-37(73-3)27-45(55)46-28-38(74-4)12-20-56(46)68)64(70-59-23-15-41(77-7)31-49(59)50-32-42(78-8)16-24-60(50)70)63(52(61)34-66)69-57-21-13-39(75-5)29-47(57)48-30-40(76-6)14-22-58(48)69/h9-32H,1-8H3. The Balaban J connectivity index is 1.38. The Kier molecular flexibility index (Phi) is 11.0. The lowest BCUT2D eigenvalue weighted by atomic mass is 9.98. The topological polar surface area (TPSA) is 141 Å². The van der Waals surface area contributed by atoms with Gasteiger partial charge in [0.25, 0.3) is 0 Å². The van der Waals surface area contributed by atoms with E-state index >= 15 is 0 Å². The molecule has 0 N–H and O–H groups in total. The van der Waals surface area contributed by atoms with Crippen LogP contribution in [0.4, 0.5) is 0 Å². The zero-order valence-corrected chi connectivity index (χ0v) is 43.8. The molecule has 0 aliphatic rings. The van der Waals surface area contributed by atoms with Crippen LogP contribution < -0.4 is 37.9 Å². The van der Waals surface area contributed by atoms with E-state index < -0.39 is 0 Å². The summed E-state index contributed by atoms with van der Waals surface area (Å²) in [4.78, 5) is 0. The van der Waals surface area contributed by atoms with E-state index in [4.69, 9.17) is 37.9 Å². The Morgan fingerprint density at radius 2 is 0.410 bits per heavy atom. The van der Waals surface area contributed by atoms with Gasteiger partial charge in [0.15, 0.2) is 0 Å². The van der Waals surface area contributed by atoms with Crippen molar-refractivity contribution in [1.29, 1.82) is 10.5 Å². The molecular formula is C64H48N6O8. The van der Waals surface area contributed by atoms with Gasteiger partial charge in [0, 0.05) is 43.1 Å². The Morgan fingerprint density at radius 3 is 0.577 bits per heavy atom. The molecule has 13 rings (SSSR count). The third-order valence-corrected chi connectivity index (χ3v) is 15.2. The number of rotatable bonds is 12. The fraction of sp³-hybridized carbons (Fsp3) is 0.125. The number of methoxy groups -OCH3 is 8. The molecule has 0 aliphatic heterocycles. The third kappa shape index (κ3) is 6.73. The number of ether oxygens (including phenoxy) is 8. The van der Waals surface area contributed by atoms with Gasteiger partial charge in [-0.15, -0.1) is 0 Å². The van der Waals surface area contributed by atoms with Crippen molar-refractivity contribution >= 4 is 87.2 Å². The quantitative estimate of drug-likeness (QED) is 0.116. The SMILES string of the molecule is COc1ccc2c(c1)c1cc(OC)ccc1n2-c1c(C#N)c(-n2c3ccc(OC)cc3c3cc(OC)ccc32)c(-n2c3ccc(OC)cc3c3cc(OC)ccc32)c(-n2c3ccc(OC)cc3c3cc(OC)ccc32)c1C#N. The van der Waals surface area contributed by atoms with Crippen molar-refractivity contribution in [3.05, 3.63) is 157 Å². The molecule has 13 aromatic rings. The van der Waals surface area contributed by atoms with Crippen molar-refractivity contribution in [2.24, 2.45) is 0 Å². The molecule has 0 saturated carbocycles. The number of hydrogen-bond acceptors (Lipinski definition) is 10. The molecule has 0 spiro atoms. The second-order valence-corrected chi connectivity index (χ2v) is 18.8. The predicted octanol–water partition coefficient (Wildman–Crippen LogP) is 13.9. The minimum absolute atomic E-state index is 0.210. The zero-order chi connectivity index (χ0) is 53.7. The van der Waals surface area contributed by atoms with Crippen LogP contribution in [0.3, 0.4) is 0 Å². The number of nitrogens with zero attached hydrogens (tertiary/aromatic N) is 6. The first-order valence-electron chi connectivity index (χ1n) is 24.9. The van der Waals surface area contributed by atoms with E-state index in [9.17, 15) is 10.5 Å². The number of nitriles is 2. The molecule has 0 unspecified atom stereocenters. The summed E-state index contributed by atoms with van der Waals surface area (Å²) in [6.07, 6.45) is 0. The predicted molar refractivity (Wildman–Crippen MR) is 306 cm³/mol. The van der Waals surface area contributed by atoms with Crippen LogP contribution >= 0.6 is 0 Å². The van der Waals surface area contributed by atoms with Gasteiger partial charge in [0.1, 0.15) is 69.3 Å². The van der Waals surface area contributed by atoms with Gasteiger partial charge in [-0.2, -0.15) is 10.5 Å². The van der Waals surface area contributed by atoms with E-state index in [0.717, 1.165) is 87.2 Å². The molecule has 14 heteroatoms. The summed E-state index contributed by atoms with van der Waals surface area (Å²) in [5.74, 6) is 5.13. The van der Waals surface area contributed by atoms with Crippen molar-refractivity contribution in [3.63, 3.8) is 0 Å². The second-order valence-electron chi connectivity index (χ2n) is 18.8. The molecule has 0 aliphatic carbocycles. The number of hydrogen-bond donors (Lipinski definition) is 0. The largest absolute Gasteiger partial charge is 0.497 e. The van der Waals surface area contributed by atoms with Crippen LogP contribution in [0.2, 0.25) is 0 Å². The van der Waals surface area contributed by atoms with E-state index in [1.54, 1.807) is 56.9 Å². The van der Waals surface area contributed by atoms with Crippen LogP contribution in [0.25, 0.3) is 110 Å². The highest BCUT2D eigenvalue weighted by molar-refractivity contribution is 6.17. The Bertz CT molecular complexity index is 4360. The average molecular weight is 1030 g/mol. The van der Waals surface area contributed by atoms with E-state index in [2.05, 4.69) is 25.8 Å². The molecule has 0 saturated heterocycles. The summed E-state index contributed by atoms with van der Waals surface area (Å²) in [6.45, 7) is 0. The molecule has 0 atom stereocenters. The molecule has 78 heavy (non-hydrogen) atoms. The normalized spacial score (nSPS) is 11.6. The maximum absolute atomic E-state index is 12.6. The first-order chi connectivity index (χ1) is 38.2. The minimum atomic E-state index is 0.210. The first kappa shape index (κ1) is 47.3. The van der Waals surface area contributed by atoms with Crippen LogP contribution in [-0.2, 0) is 0 Å². The molecule has 0 amide bonds. The summed E-state index contributed by atoms with van der Waals surface area (Å²) in [7, 11) is 13.1. The van der Waals surface area contributed by atoms with E-state index in [1.165, 1.54) is 0 Å². The average Bonchev–Trinajstić information content (AvgIpc) is 4.00. The number of fused-ring (bicyclic) bond motifs is 12. The van der Waals surface area contributed by atoms with Gasteiger partial charge >= 0.3 is 0 Å². The maximum Gasteiger partial charge on any atom is 0.119 e. The van der Waals surface area contributed by atoms with Crippen molar-refractivity contribution in [3.8, 4) is 80.9 Å². The molecule has 0 bridgehead atoms. The third-order valence-electron chi connectivity index (χ3n) is 15.2. The van der Waals surface area contributed by atoms with Crippen LogP contribution in [0, 0.1) is 22.7 Å². The van der Waals surface area contributed by atoms with Crippen LogP contribution in [0.1, 0.15) is 11.1 Å². The molecule has 0 fully saturated rings. The Labute approximate surface area is 446 Å². The first-order valence-corrected chi connectivity index (χ1v) is 24.9. The van der Waals surface area contributed by atoms with Crippen molar-refractivity contribution < 1.29 is 37.9 Å².